The predicted molar refractivity (Wildman–Crippen MR) is 117 cm³/mol. The molecule has 6 nitrogen and oxygen atoms in total. The minimum atomic E-state index is -1.85. The molecule has 1 fully saturated rings. The first kappa shape index (κ1) is 21.6. The molecule has 0 aliphatic carbocycles. The number of ether oxygens (including phenoxy) is 4. The van der Waals surface area contributed by atoms with Gasteiger partial charge >= 0.3 is 0 Å². The Bertz CT molecular complexity index is 1090. The van der Waals surface area contributed by atoms with E-state index in [2.05, 4.69) is 0 Å². The fourth-order valence-electron chi connectivity index (χ4n) is 4.06. The topological polar surface area (TPSA) is 58.9 Å². The Hall–Kier alpha value is -2.58. The Morgan fingerprint density at radius 2 is 2.13 bits per heavy atom. The van der Waals surface area contributed by atoms with Gasteiger partial charge in [-0.3, -0.25) is 4.79 Å². The predicted octanol–water partition coefficient (Wildman–Crippen LogP) is 0.510. The number of aryl methyl sites for hydroxylation is 1. The highest BCUT2D eigenvalue weighted by atomic mass is 19.3. The molecule has 31 heavy (non-hydrogen) atoms. The summed E-state index contributed by atoms with van der Waals surface area (Å²) >= 11 is 0. The van der Waals surface area contributed by atoms with E-state index in [0.717, 1.165) is 16.8 Å². The van der Waals surface area contributed by atoms with E-state index in [4.69, 9.17) is 18.9 Å². The molecule has 162 valence electrons. The van der Waals surface area contributed by atoms with E-state index in [0.29, 0.717) is 62.0 Å². The summed E-state index contributed by atoms with van der Waals surface area (Å²) in [6.45, 7) is 4.25. The lowest BCUT2D eigenvalue weighted by Gasteiger charge is -2.29. The molecule has 1 atom stereocenters. The zero-order chi connectivity index (χ0) is 22.1. The molecule has 10 heteroatoms. The third-order valence-electron chi connectivity index (χ3n) is 5.64. The van der Waals surface area contributed by atoms with Crippen LogP contribution >= 0.6 is 0 Å². The van der Waals surface area contributed by atoms with Gasteiger partial charge < -0.3 is 23.5 Å². The molecule has 0 N–H and O–H groups in total. The Kier molecular flexibility index (Phi) is 6.20. The van der Waals surface area contributed by atoms with Crippen LogP contribution in [0.4, 0.5) is 8.78 Å². The Morgan fingerprint density at radius 3 is 2.84 bits per heavy atom. The van der Waals surface area contributed by atoms with Crippen LogP contribution in [0.3, 0.4) is 0 Å². The van der Waals surface area contributed by atoms with Gasteiger partial charge in [0.25, 0.3) is 6.08 Å². The summed E-state index contributed by atoms with van der Waals surface area (Å²) in [6.07, 6.45) is -1.37. The SMILES string of the molecule is BC(Oc1ccc2c(c1)CCn1c(OC[C@@H]3COCCO3)c(B)c(=O)c(C)c1-2)=C(F)F. The third-order valence-corrected chi connectivity index (χ3v) is 5.64. The molecule has 1 saturated heterocycles. The number of halogens is 2. The van der Waals surface area contributed by atoms with Crippen LogP contribution in [-0.2, 0) is 22.4 Å². The number of nitrogens with zero attached hydrogens (tertiary/aromatic N) is 1. The van der Waals surface area contributed by atoms with Gasteiger partial charge in [-0.15, -0.1) is 0 Å². The Labute approximate surface area is 180 Å². The molecule has 0 spiro atoms. The average molecular weight is 429 g/mol. The molecule has 2 aliphatic heterocycles. The summed E-state index contributed by atoms with van der Waals surface area (Å²) in [4.78, 5) is 12.9. The molecule has 0 radical (unpaired) electrons. The van der Waals surface area contributed by atoms with Crippen molar-refractivity contribution in [1.29, 1.82) is 0 Å². The summed E-state index contributed by atoms with van der Waals surface area (Å²) in [5.74, 6) is 0.875. The zero-order valence-electron chi connectivity index (χ0n) is 17.8. The summed E-state index contributed by atoms with van der Waals surface area (Å²) in [5, 5.41) is 0. The maximum atomic E-state index is 12.9. The normalized spacial score (nSPS) is 17.5. The summed E-state index contributed by atoms with van der Waals surface area (Å²) < 4.78 is 49.8. The molecule has 2 aliphatic rings. The molecule has 0 amide bonds. The fraction of sp³-hybridized carbons (Fsp3) is 0.381. The highest BCUT2D eigenvalue weighted by Crippen LogP contribution is 2.35. The van der Waals surface area contributed by atoms with Gasteiger partial charge in [-0.25, -0.2) is 0 Å². The molecular formula is C21H23B2F2NO5. The van der Waals surface area contributed by atoms with Crippen molar-refractivity contribution in [3.8, 4) is 22.9 Å². The van der Waals surface area contributed by atoms with Gasteiger partial charge in [0, 0.05) is 23.1 Å². The molecule has 0 bridgehead atoms. The van der Waals surface area contributed by atoms with Gasteiger partial charge in [0.15, 0.2) is 27.0 Å². The van der Waals surface area contributed by atoms with Crippen LogP contribution in [0.5, 0.6) is 11.6 Å². The van der Waals surface area contributed by atoms with E-state index in [-0.39, 0.29) is 11.5 Å². The summed E-state index contributed by atoms with van der Waals surface area (Å²) in [7, 11) is 2.99. The quantitative estimate of drug-likeness (QED) is 0.513. The first-order valence-electron chi connectivity index (χ1n) is 10.3. The van der Waals surface area contributed by atoms with Crippen LogP contribution in [0.1, 0.15) is 11.1 Å². The van der Waals surface area contributed by atoms with E-state index in [1.165, 1.54) is 7.85 Å². The molecule has 4 rings (SSSR count). The van der Waals surface area contributed by atoms with E-state index < -0.39 is 11.7 Å². The van der Waals surface area contributed by atoms with Crippen molar-refractivity contribution in [3.63, 3.8) is 0 Å². The maximum Gasteiger partial charge on any atom is 0.297 e. The zero-order valence-corrected chi connectivity index (χ0v) is 17.8. The molecule has 2 aromatic rings. The minimum Gasteiger partial charge on any atom is -0.476 e. The van der Waals surface area contributed by atoms with Crippen molar-refractivity contribution in [2.75, 3.05) is 26.4 Å². The van der Waals surface area contributed by atoms with Crippen molar-refractivity contribution < 1.29 is 27.7 Å². The van der Waals surface area contributed by atoms with Gasteiger partial charge in [-0.2, -0.15) is 8.78 Å². The van der Waals surface area contributed by atoms with Gasteiger partial charge in [-0.05, 0) is 37.1 Å². The lowest BCUT2D eigenvalue weighted by molar-refractivity contribution is -0.102. The number of rotatable bonds is 5. The highest BCUT2D eigenvalue weighted by Gasteiger charge is 2.26. The molecule has 3 heterocycles. The van der Waals surface area contributed by atoms with Gasteiger partial charge in [-0.1, -0.05) is 0 Å². The number of fused-ring (bicyclic) bond motifs is 3. The van der Waals surface area contributed by atoms with E-state index in [1.807, 2.05) is 10.6 Å². The second kappa shape index (κ2) is 8.88. The molecule has 1 aromatic heterocycles. The van der Waals surface area contributed by atoms with Crippen molar-refractivity contribution in [3.05, 3.63) is 51.3 Å². The standard InChI is InChI=1S/C21H23B2F2NO5/c1-11-17-15-3-2-13(31-19(23)20(24)25)8-12(15)4-5-26(17)21(16(22)18(11)27)30-10-14-9-28-6-7-29-14/h2-3,8,14H,4-7,9-10,22-23H2,1H3/t14-/m0/s1. The fourth-order valence-corrected chi connectivity index (χ4v) is 4.06. The van der Waals surface area contributed by atoms with Crippen LogP contribution < -0.4 is 20.4 Å². The van der Waals surface area contributed by atoms with E-state index in [9.17, 15) is 13.6 Å². The number of pyridine rings is 1. The largest absolute Gasteiger partial charge is 0.476 e. The van der Waals surface area contributed by atoms with Crippen LogP contribution in [-0.4, -0.2) is 52.8 Å². The second-order valence-corrected chi connectivity index (χ2v) is 7.75. The highest BCUT2D eigenvalue weighted by molar-refractivity contribution is 6.34. The van der Waals surface area contributed by atoms with Gasteiger partial charge in [0.05, 0.1) is 25.5 Å². The summed E-state index contributed by atoms with van der Waals surface area (Å²) in [5.41, 5.74) is 3.27. The third kappa shape index (κ3) is 4.27. The van der Waals surface area contributed by atoms with Crippen molar-refractivity contribution in [2.24, 2.45) is 0 Å². The van der Waals surface area contributed by atoms with Crippen LogP contribution in [0.2, 0.25) is 0 Å². The van der Waals surface area contributed by atoms with E-state index >= 15 is 0 Å². The van der Waals surface area contributed by atoms with Gasteiger partial charge in [0.2, 0.25) is 0 Å². The average Bonchev–Trinajstić information content (AvgIpc) is 2.77. The Balaban J connectivity index is 1.70. The lowest BCUT2D eigenvalue weighted by atomic mass is 9.89. The number of hydrogen-bond acceptors (Lipinski definition) is 5. The smallest absolute Gasteiger partial charge is 0.297 e. The Morgan fingerprint density at radius 1 is 1.32 bits per heavy atom. The van der Waals surface area contributed by atoms with Crippen molar-refractivity contribution in [1.82, 2.24) is 4.57 Å². The van der Waals surface area contributed by atoms with Crippen LogP contribution in [0.15, 0.2) is 34.7 Å². The van der Waals surface area contributed by atoms with E-state index in [1.54, 1.807) is 26.9 Å². The van der Waals surface area contributed by atoms with Crippen molar-refractivity contribution in [2.45, 2.75) is 26.0 Å². The first-order chi connectivity index (χ1) is 14.9. The molecular weight excluding hydrogens is 406 g/mol. The molecule has 0 unspecified atom stereocenters. The second-order valence-electron chi connectivity index (χ2n) is 7.75. The number of hydrogen-bond donors (Lipinski definition) is 0. The molecule has 1 aromatic carbocycles. The first-order valence-corrected chi connectivity index (χ1v) is 10.3. The lowest BCUT2D eigenvalue weighted by Crippen LogP contribution is -2.38. The number of benzene rings is 1. The van der Waals surface area contributed by atoms with Crippen LogP contribution in [0.25, 0.3) is 11.3 Å². The van der Waals surface area contributed by atoms with Gasteiger partial charge in [0.1, 0.15) is 24.1 Å². The van der Waals surface area contributed by atoms with Crippen LogP contribution in [0, 0.1) is 6.92 Å². The number of aromatic nitrogens is 1. The minimum absolute atomic E-state index is 0.0754. The maximum absolute atomic E-state index is 12.9. The summed E-state index contributed by atoms with van der Waals surface area (Å²) in [6, 6.07) is 5.20. The molecule has 0 saturated carbocycles. The monoisotopic (exact) mass is 429 g/mol. The van der Waals surface area contributed by atoms with Crippen molar-refractivity contribution >= 4 is 21.2 Å².